The summed E-state index contributed by atoms with van der Waals surface area (Å²) in [6, 6.07) is 10.3. The quantitative estimate of drug-likeness (QED) is 0.149. The van der Waals surface area contributed by atoms with Crippen LogP contribution < -0.4 is 14.8 Å². The van der Waals surface area contributed by atoms with Gasteiger partial charge in [0.25, 0.3) is 0 Å². The van der Waals surface area contributed by atoms with Gasteiger partial charge in [0.2, 0.25) is 11.8 Å². The summed E-state index contributed by atoms with van der Waals surface area (Å²) in [5.74, 6) is -0.397. The molecule has 0 spiro atoms. The van der Waals surface area contributed by atoms with E-state index in [4.69, 9.17) is 14.9 Å². The summed E-state index contributed by atoms with van der Waals surface area (Å²) in [6.45, 7) is 19.0. The molecule has 12 heteroatoms. The maximum absolute atomic E-state index is 14.1. The molecule has 2 amide bonds. The zero-order valence-electron chi connectivity index (χ0n) is 31.7. The summed E-state index contributed by atoms with van der Waals surface area (Å²) in [4.78, 5) is 57.0. The fourth-order valence-electron chi connectivity index (χ4n) is 5.64. The Morgan fingerprint density at radius 2 is 1.36 bits per heavy atom. The highest BCUT2D eigenvalue weighted by Crippen LogP contribution is 2.27. The summed E-state index contributed by atoms with van der Waals surface area (Å²) >= 11 is 0. The number of nitrogens with zero attached hydrogens (tertiary/aromatic N) is 4. The van der Waals surface area contributed by atoms with E-state index in [1.807, 2.05) is 55.4 Å². The molecule has 1 heterocycles. The van der Waals surface area contributed by atoms with Crippen LogP contribution in [-0.2, 0) is 20.9 Å². The lowest BCUT2D eigenvalue weighted by Crippen LogP contribution is -2.54. The minimum absolute atomic E-state index is 0.113. The Morgan fingerprint density at radius 3 is 1.88 bits per heavy atom. The Labute approximate surface area is 296 Å². The second-order valence-electron chi connectivity index (χ2n) is 15.0. The summed E-state index contributed by atoms with van der Waals surface area (Å²) in [5, 5.41) is 16.9. The lowest BCUT2D eigenvalue weighted by atomic mass is 9.97. The van der Waals surface area contributed by atoms with Gasteiger partial charge in [-0.05, 0) is 65.8 Å². The molecule has 272 valence electrons. The second kappa shape index (κ2) is 15.9. The van der Waals surface area contributed by atoms with E-state index in [2.05, 4.69) is 10.4 Å². The Balaban J connectivity index is 1.87. The Morgan fingerprint density at radius 1 is 0.820 bits per heavy atom. The van der Waals surface area contributed by atoms with Gasteiger partial charge in [-0.2, -0.15) is 5.10 Å². The number of benzene rings is 2. The number of amides is 2. The highest BCUT2D eigenvalue weighted by molar-refractivity contribution is 6.46. The van der Waals surface area contributed by atoms with Crippen molar-refractivity contribution in [2.75, 3.05) is 39.2 Å². The number of methoxy groups -OCH3 is 2. The first kappa shape index (κ1) is 39.7. The molecule has 3 aromatic rings. The van der Waals surface area contributed by atoms with Gasteiger partial charge in [0, 0.05) is 64.8 Å². The number of fused-ring (bicyclic) bond motifs is 1. The first-order valence-electron chi connectivity index (χ1n) is 17.0. The Hall–Kier alpha value is -4.74. The van der Waals surface area contributed by atoms with E-state index < -0.39 is 11.1 Å². The molecule has 50 heavy (non-hydrogen) atoms. The third kappa shape index (κ3) is 9.28. The second-order valence-corrected chi connectivity index (χ2v) is 15.0. The van der Waals surface area contributed by atoms with Crippen LogP contribution in [0, 0.1) is 17.2 Å². The monoisotopic (exact) mass is 690 g/mol. The van der Waals surface area contributed by atoms with Gasteiger partial charge in [-0.3, -0.25) is 29.3 Å². The lowest BCUT2D eigenvalue weighted by Gasteiger charge is -2.41. The molecular weight excluding hydrogens is 636 g/mol. The number of nitrogens with one attached hydrogen (secondary N) is 2. The minimum Gasteiger partial charge on any atom is -0.497 e. The molecule has 0 saturated heterocycles. The van der Waals surface area contributed by atoms with Crippen LogP contribution in [-0.4, -0.2) is 93.6 Å². The molecule has 0 aliphatic carbocycles. The number of aromatic nitrogens is 2. The molecule has 12 nitrogen and oxygen atoms in total. The van der Waals surface area contributed by atoms with Crippen LogP contribution in [0.2, 0.25) is 0 Å². The average Bonchev–Trinajstić information content (AvgIpc) is 3.39. The van der Waals surface area contributed by atoms with Crippen LogP contribution in [0.5, 0.6) is 11.5 Å². The summed E-state index contributed by atoms with van der Waals surface area (Å²) in [6.07, 6.45) is 0. The van der Waals surface area contributed by atoms with Crippen molar-refractivity contribution < 1.29 is 28.7 Å². The van der Waals surface area contributed by atoms with E-state index in [-0.39, 0.29) is 67.1 Å². The zero-order chi connectivity index (χ0) is 37.7. The van der Waals surface area contributed by atoms with E-state index in [0.717, 1.165) is 0 Å². The number of hydrogen-bond acceptors (Lipinski definition) is 9. The largest absolute Gasteiger partial charge is 0.497 e. The molecule has 0 aliphatic heterocycles. The van der Waals surface area contributed by atoms with Crippen molar-refractivity contribution in [3.05, 3.63) is 47.7 Å². The highest BCUT2D eigenvalue weighted by atomic mass is 16.5. The number of hydrogen-bond donors (Lipinski definition) is 2. The van der Waals surface area contributed by atoms with Crippen molar-refractivity contribution in [3.63, 3.8) is 0 Å². The average molecular weight is 691 g/mol. The molecule has 0 saturated carbocycles. The van der Waals surface area contributed by atoms with Gasteiger partial charge in [0.15, 0.2) is 11.6 Å². The first-order chi connectivity index (χ1) is 23.2. The molecular formula is C38H54N6O6. The molecule has 3 rings (SSSR count). The summed E-state index contributed by atoms with van der Waals surface area (Å²) in [7, 11) is 3.08. The van der Waals surface area contributed by atoms with E-state index in [0.29, 0.717) is 39.3 Å². The van der Waals surface area contributed by atoms with E-state index in [9.17, 15) is 19.2 Å². The summed E-state index contributed by atoms with van der Waals surface area (Å²) < 4.78 is 12.3. The van der Waals surface area contributed by atoms with E-state index in [1.54, 1.807) is 71.8 Å². The number of anilines is 1. The number of Topliss-reactive ketones (excluding diaryl/α,β-unsaturated/α-hetero) is 2. The molecule has 0 bridgehead atoms. The molecule has 0 atom stereocenters. The van der Waals surface area contributed by atoms with Crippen LogP contribution in [0.3, 0.4) is 0 Å². The topological polar surface area (TPSA) is 147 Å². The molecule has 0 unspecified atom stereocenters. The zero-order valence-corrected chi connectivity index (χ0v) is 31.7. The predicted molar refractivity (Wildman–Crippen MR) is 197 cm³/mol. The lowest BCUT2D eigenvalue weighted by molar-refractivity contribution is -0.141. The Bertz CT molecular complexity index is 1740. The minimum atomic E-state index is -0.599. The normalized spacial score (nSPS) is 11.9. The van der Waals surface area contributed by atoms with Crippen LogP contribution in [0.4, 0.5) is 5.69 Å². The standard InChI is InChI=1S/C38H54N6O6/c1-23(2)35(47)33(39)27-15-13-25(49-11)19-29(27)40-21-31(45)42(37(5,6)7)17-18-43(38(8,9)10)32(46)22-44-30-20-26(50-12)14-16-28(30)34(41-44)36(48)24(3)4/h13-16,19-20,23-24,39-40H,17-18,21-22H2,1-12H3. The predicted octanol–water partition coefficient (Wildman–Crippen LogP) is 5.85. The van der Waals surface area contributed by atoms with Crippen molar-refractivity contribution in [1.82, 2.24) is 19.6 Å². The van der Waals surface area contributed by atoms with Crippen LogP contribution >= 0.6 is 0 Å². The van der Waals surface area contributed by atoms with Gasteiger partial charge in [0.1, 0.15) is 29.4 Å². The SMILES string of the molecule is COc1ccc(C(=N)C(=O)C(C)C)c(NCC(=O)N(CCN(C(=O)Cn2nc(C(=O)C(C)C)c3ccc(OC)cc32)C(C)(C)C)C(C)(C)C)c1. The van der Waals surface area contributed by atoms with E-state index in [1.165, 1.54) is 7.11 Å². The molecule has 0 radical (unpaired) electrons. The van der Waals surface area contributed by atoms with Gasteiger partial charge in [-0.15, -0.1) is 0 Å². The Kier molecular flexibility index (Phi) is 12.6. The van der Waals surface area contributed by atoms with Gasteiger partial charge >= 0.3 is 0 Å². The van der Waals surface area contributed by atoms with Crippen molar-refractivity contribution in [1.29, 1.82) is 5.41 Å². The van der Waals surface area contributed by atoms with Crippen molar-refractivity contribution in [2.24, 2.45) is 11.8 Å². The molecule has 1 aromatic heterocycles. The van der Waals surface area contributed by atoms with Crippen LogP contribution in [0.15, 0.2) is 36.4 Å². The van der Waals surface area contributed by atoms with Gasteiger partial charge < -0.3 is 24.6 Å². The number of rotatable bonds is 15. The third-order valence-electron chi connectivity index (χ3n) is 8.47. The highest BCUT2D eigenvalue weighted by Gasteiger charge is 2.32. The van der Waals surface area contributed by atoms with Gasteiger partial charge in [-0.25, -0.2) is 0 Å². The number of ether oxygens (including phenoxy) is 2. The van der Waals surface area contributed by atoms with Gasteiger partial charge in [-0.1, -0.05) is 27.7 Å². The first-order valence-corrected chi connectivity index (χ1v) is 17.0. The molecule has 2 aromatic carbocycles. The maximum Gasteiger partial charge on any atom is 0.244 e. The van der Waals surface area contributed by atoms with E-state index >= 15 is 0 Å². The van der Waals surface area contributed by atoms with Crippen LogP contribution in [0.25, 0.3) is 10.9 Å². The van der Waals surface area contributed by atoms with Gasteiger partial charge in [0.05, 0.1) is 26.3 Å². The van der Waals surface area contributed by atoms with Crippen molar-refractivity contribution in [2.45, 2.75) is 86.9 Å². The number of carbonyl (C=O) groups is 4. The smallest absolute Gasteiger partial charge is 0.244 e. The maximum atomic E-state index is 14.1. The van der Waals surface area contributed by atoms with Crippen LogP contribution in [0.1, 0.15) is 85.3 Å². The third-order valence-corrected chi connectivity index (χ3v) is 8.47. The van der Waals surface area contributed by atoms with Crippen molar-refractivity contribution in [3.8, 4) is 11.5 Å². The molecule has 0 fully saturated rings. The van der Waals surface area contributed by atoms with Crippen molar-refractivity contribution >= 4 is 45.7 Å². The summed E-state index contributed by atoms with van der Waals surface area (Å²) in [5.41, 5.74) is 0.415. The fraction of sp³-hybridized carbons (Fsp3) is 0.526. The number of carbonyl (C=O) groups excluding carboxylic acids is 4. The molecule has 2 N–H and O–H groups in total. The molecule has 0 aliphatic rings. The fourth-order valence-corrected chi connectivity index (χ4v) is 5.64. The number of ketones is 2.